The highest BCUT2D eigenvalue weighted by atomic mass is 19.4. The van der Waals surface area contributed by atoms with Crippen LogP contribution >= 0.6 is 0 Å². The molecule has 4 aromatic rings. The van der Waals surface area contributed by atoms with E-state index >= 15 is 0 Å². The number of hydrogen-bond acceptors (Lipinski definition) is 4. The quantitative estimate of drug-likeness (QED) is 0.331. The zero-order valence-electron chi connectivity index (χ0n) is 18.7. The molecule has 11 heteroatoms. The van der Waals surface area contributed by atoms with E-state index in [0.29, 0.717) is 23.0 Å². The third-order valence-electron chi connectivity index (χ3n) is 6.37. The normalized spacial score (nSPS) is 18.4. The number of nitrogens with zero attached hydrogens (tertiary/aromatic N) is 8. The lowest BCUT2D eigenvalue weighted by Gasteiger charge is -2.19. The lowest BCUT2D eigenvalue weighted by Crippen LogP contribution is -2.77. The minimum absolute atomic E-state index is 0.0415. The Morgan fingerprint density at radius 3 is 2.39 bits per heavy atom. The maximum Gasteiger partial charge on any atom is 0.584 e. The van der Waals surface area contributed by atoms with Gasteiger partial charge in [0.15, 0.2) is 23.8 Å². The summed E-state index contributed by atoms with van der Waals surface area (Å²) in [5.74, 6) is -0.297. The summed E-state index contributed by atoms with van der Waals surface area (Å²) in [4.78, 5) is 8.83. The molecule has 0 N–H and O–H groups in total. The summed E-state index contributed by atoms with van der Waals surface area (Å²) >= 11 is 0. The lowest BCUT2D eigenvalue weighted by atomic mass is 9.87. The van der Waals surface area contributed by atoms with E-state index in [1.807, 2.05) is 27.5 Å². The molecule has 168 valence electrons. The first kappa shape index (κ1) is 20.0. The van der Waals surface area contributed by atoms with Gasteiger partial charge in [0.05, 0.1) is 6.20 Å². The van der Waals surface area contributed by atoms with Crippen LogP contribution in [0.25, 0.3) is 22.9 Å². The Labute approximate surface area is 187 Å². The Bertz CT molecular complexity index is 1470. The zero-order valence-corrected chi connectivity index (χ0v) is 18.7. The second-order valence-electron chi connectivity index (χ2n) is 9.48. The highest BCUT2D eigenvalue weighted by Crippen LogP contribution is 2.42. The Hall–Kier alpha value is -3.63. The number of aryl methyl sites for hydroxylation is 1. The van der Waals surface area contributed by atoms with Crippen molar-refractivity contribution in [2.75, 3.05) is 0 Å². The monoisotopic (exact) mass is 454 g/mol. The molecule has 1 atom stereocenters. The van der Waals surface area contributed by atoms with E-state index in [0.717, 1.165) is 11.3 Å². The first-order valence-electron chi connectivity index (χ1n) is 10.5. The van der Waals surface area contributed by atoms with E-state index < -0.39 is 17.8 Å². The molecule has 1 unspecified atom stereocenters. The summed E-state index contributed by atoms with van der Waals surface area (Å²) in [6.45, 7) is 9.52. The van der Waals surface area contributed by atoms with Gasteiger partial charge in [-0.2, -0.15) is 18.3 Å². The number of rotatable bonds is 0. The van der Waals surface area contributed by atoms with Crippen molar-refractivity contribution in [3.63, 3.8) is 0 Å². The van der Waals surface area contributed by atoms with Crippen LogP contribution in [-0.2, 0) is 17.5 Å². The van der Waals surface area contributed by atoms with Gasteiger partial charge in [-0.15, -0.1) is 9.78 Å². The molecular formula is C22H21F3N8+2. The summed E-state index contributed by atoms with van der Waals surface area (Å²) in [5.41, 5.74) is 1.65. The Balaban J connectivity index is 1.78. The maximum atomic E-state index is 13.9. The molecule has 8 nitrogen and oxygen atoms in total. The molecule has 2 aliphatic rings. The van der Waals surface area contributed by atoms with Crippen molar-refractivity contribution in [3.8, 4) is 22.9 Å². The molecule has 0 fully saturated rings. The van der Waals surface area contributed by atoms with Gasteiger partial charge in [-0.1, -0.05) is 34.6 Å². The van der Waals surface area contributed by atoms with Crippen molar-refractivity contribution < 1.29 is 22.3 Å². The summed E-state index contributed by atoms with van der Waals surface area (Å²) in [7, 11) is 0. The van der Waals surface area contributed by atoms with Crippen LogP contribution in [0.1, 0.15) is 43.4 Å². The molecule has 6 rings (SSSR count). The van der Waals surface area contributed by atoms with E-state index in [-0.39, 0.29) is 11.0 Å². The predicted molar refractivity (Wildman–Crippen MR) is 109 cm³/mol. The van der Waals surface area contributed by atoms with Gasteiger partial charge in [-0.25, -0.2) is 4.98 Å². The molecule has 0 saturated heterocycles. The molecule has 0 aromatic carbocycles. The minimum atomic E-state index is -4.60. The van der Waals surface area contributed by atoms with Crippen molar-refractivity contribution in [1.29, 1.82) is 0 Å². The second kappa shape index (κ2) is 5.83. The third-order valence-corrected chi connectivity index (χ3v) is 6.37. The van der Waals surface area contributed by atoms with Gasteiger partial charge in [-0.3, -0.25) is 4.98 Å². The minimum Gasteiger partial charge on any atom is -0.251 e. The first-order chi connectivity index (χ1) is 15.5. The number of fused-ring (bicyclic) bond motifs is 10. The van der Waals surface area contributed by atoms with E-state index in [2.05, 4.69) is 40.9 Å². The second-order valence-corrected chi connectivity index (χ2v) is 9.48. The Morgan fingerprint density at radius 2 is 1.70 bits per heavy atom. The standard InChI is InChI=1S/C22H21F3N8/c1-12-17-16-11-26-7-9-31(16)22(32(17)29-18(12)21(23,24)25)30-8-6-14(20(3,4)5)10-15(30)19-27-13(2)28-33(19)22/h6-11H,1-5H3/q+2. The summed E-state index contributed by atoms with van der Waals surface area (Å²) < 4.78 is 48.5. The molecule has 6 heterocycles. The van der Waals surface area contributed by atoms with Gasteiger partial charge in [0.25, 0.3) is 11.4 Å². The van der Waals surface area contributed by atoms with Gasteiger partial charge >= 0.3 is 12.1 Å². The van der Waals surface area contributed by atoms with Crippen LogP contribution in [0.5, 0.6) is 0 Å². The average Bonchev–Trinajstić information content (AvgIpc) is 3.42. The fourth-order valence-corrected chi connectivity index (χ4v) is 4.89. The fraction of sp³-hybridized carbons (Fsp3) is 0.364. The van der Waals surface area contributed by atoms with Crippen LogP contribution < -0.4 is 9.13 Å². The van der Waals surface area contributed by atoms with Crippen LogP contribution in [0.2, 0.25) is 0 Å². The number of pyridine rings is 1. The summed E-state index contributed by atoms with van der Waals surface area (Å²) in [5, 5.41) is 8.76. The summed E-state index contributed by atoms with van der Waals surface area (Å²) in [6.07, 6.45) is 2.17. The molecule has 0 bridgehead atoms. The number of alkyl halides is 3. The highest BCUT2D eigenvalue weighted by Gasteiger charge is 2.71. The van der Waals surface area contributed by atoms with Crippen molar-refractivity contribution in [3.05, 3.63) is 59.6 Å². The molecule has 0 saturated carbocycles. The smallest absolute Gasteiger partial charge is 0.251 e. The van der Waals surface area contributed by atoms with E-state index in [1.54, 1.807) is 30.2 Å². The molecular weight excluding hydrogens is 433 g/mol. The highest BCUT2D eigenvalue weighted by molar-refractivity contribution is 5.60. The molecule has 33 heavy (non-hydrogen) atoms. The molecule has 4 aromatic heterocycles. The lowest BCUT2D eigenvalue weighted by molar-refractivity contribution is -0.990. The van der Waals surface area contributed by atoms with E-state index in [9.17, 15) is 13.2 Å². The fourth-order valence-electron chi connectivity index (χ4n) is 4.89. The number of hydrogen-bond donors (Lipinski definition) is 0. The van der Waals surface area contributed by atoms with Crippen molar-refractivity contribution in [2.24, 2.45) is 0 Å². The van der Waals surface area contributed by atoms with Gasteiger partial charge in [0.2, 0.25) is 5.82 Å². The van der Waals surface area contributed by atoms with Crippen molar-refractivity contribution >= 4 is 0 Å². The van der Waals surface area contributed by atoms with Crippen LogP contribution in [0.3, 0.4) is 0 Å². The maximum absolute atomic E-state index is 13.9. The van der Waals surface area contributed by atoms with Crippen LogP contribution in [-0.4, -0.2) is 29.5 Å². The van der Waals surface area contributed by atoms with Crippen LogP contribution in [0, 0.1) is 13.8 Å². The molecule has 0 radical (unpaired) electrons. The van der Waals surface area contributed by atoms with Crippen molar-refractivity contribution in [2.45, 2.75) is 52.1 Å². The van der Waals surface area contributed by atoms with Gasteiger partial charge in [-0.05, 0) is 24.8 Å². The van der Waals surface area contributed by atoms with Gasteiger partial charge < -0.3 is 0 Å². The van der Waals surface area contributed by atoms with Crippen molar-refractivity contribution in [1.82, 2.24) is 29.5 Å². The van der Waals surface area contributed by atoms with Crippen LogP contribution in [0.15, 0.2) is 36.9 Å². The number of aromatic nitrogens is 8. The first-order valence-corrected chi connectivity index (χ1v) is 10.5. The summed E-state index contributed by atoms with van der Waals surface area (Å²) in [6, 6.07) is 4.00. The third kappa shape index (κ3) is 2.31. The number of halogens is 3. The Morgan fingerprint density at radius 1 is 0.970 bits per heavy atom. The zero-order chi connectivity index (χ0) is 23.5. The molecule has 0 aliphatic carbocycles. The van der Waals surface area contributed by atoms with E-state index in [4.69, 9.17) is 0 Å². The topological polar surface area (TPSA) is 69.2 Å². The average molecular weight is 454 g/mol. The van der Waals surface area contributed by atoms with Gasteiger partial charge in [0, 0.05) is 17.7 Å². The Kier molecular flexibility index (Phi) is 3.54. The largest absolute Gasteiger partial charge is 0.584 e. The van der Waals surface area contributed by atoms with Crippen LogP contribution in [0.4, 0.5) is 13.2 Å². The molecule has 1 spiro atoms. The van der Waals surface area contributed by atoms with Gasteiger partial charge in [0.1, 0.15) is 12.0 Å². The molecule has 0 amide bonds. The predicted octanol–water partition coefficient (Wildman–Crippen LogP) is 2.55. The SMILES string of the molecule is Cc1nc2n(n1)C1(n3nc(C(F)(F)F)c(C)c3-c3cncc[n+]31)[n+]1ccc(C(C)(C)C)cc1-2. The van der Waals surface area contributed by atoms with E-state index in [1.165, 1.54) is 11.6 Å². The molecule has 2 aliphatic heterocycles.